The number of nitrogens with two attached hydrogens (primary N) is 1. The molecule has 0 saturated carbocycles. The van der Waals surface area contributed by atoms with Crippen LogP contribution in [0.4, 0.5) is 4.39 Å². The predicted molar refractivity (Wildman–Crippen MR) is 52.0 cm³/mol. The zero-order chi connectivity index (χ0) is 9.97. The third-order valence-corrected chi connectivity index (χ3v) is 2.21. The van der Waals surface area contributed by atoms with Gasteiger partial charge in [0.25, 0.3) is 0 Å². The van der Waals surface area contributed by atoms with Crippen LogP contribution in [0.25, 0.3) is 0 Å². The SMILES string of the molecule is NN=Cc1cc(F)cc2c1OCCC2. The summed E-state index contributed by atoms with van der Waals surface area (Å²) in [5, 5.41) is 3.38. The first-order chi connectivity index (χ1) is 6.81. The summed E-state index contributed by atoms with van der Waals surface area (Å²) in [7, 11) is 0. The van der Waals surface area contributed by atoms with Gasteiger partial charge in [0, 0.05) is 5.56 Å². The van der Waals surface area contributed by atoms with Crippen molar-refractivity contribution in [3.63, 3.8) is 0 Å². The summed E-state index contributed by atoms with van der Waals surface area (Å²) in [4.78, 5) is 0. The highest BCUT2D eigenvalue weighted by atomic mass is 19.1. The van der Waals surface area contributed by atoms with E-state index in [0.29, 0.717) is 17.9 Å². The molecular formula is C10H11FN2O. The minimum Gasteiger partial charge on any atom is -0.493 e. The molecule has 1 aliphatic rings. The van der Waals surface area contributed by atoms with Gasteiger partial charge in [-0.3, -0.25) is 0 Å². The van der Waals surface area contributed by atoms with Crippen LogP contribution in [0.5, 0.6) is 5.75 Å². The predicted octanol–water partition coefficient (Wildman–Crippen LogP) is 1.44. The molecular weight excluding hydrogens is 183 g/mol. The lowest BCUT2D eigenvalue weighted by atomic mass is 10.0. The van der Waals surface area contributed by atoms with Crippen LogP contribution >= 0.6 is 0 Å². The van der Waals surface area contributed by atoms with Crippen LogP contribution in [0.15, 0.2) is 17.2 Å². The van der Waals surface area contributed by atoms with Gasteiger partial charge < -0.3 is 10.6 Å². The Hall–Kier alpha value is -1.58. The zero-order valence-corrected chi connectivity index (χ0v) is 7.66. The molecule has 2 rings (SSSR count). The molecule has 0 saturated heterocycles. The Morgan fingerprint density at radius 3 is 3.14 bits per heavy atom. The summed E-state index contributed by atoms with van der Waals surface area (Å²) in [6.45, 7) is 0.671. The molecule has 2 N–H and O–H groups in total. The van der Waals surface area contributed by atoms with E-state index in [1.54, 1.807) is 0 Å². The number of aryl methyl sites for hydroxylation is 1. The number of halogens is 1. The van der Waals surface area contributed by atoms with Gasteiger partial charge in [0.2, 0.25) is 0 Å². The quantitative estimate of drug-likeness (QED) is 0.418. The highest BCUT2D eigenvalue weighted by Gasteiger charge is 2.15. The van der Waals surface area contributed by atoms with Crippen LogP contribution in [0.1, 0.15) is 17.5 Å². The second kappa shape index (κ2) is 3.65. The average molecular weight is 194 g/mol. The Morgan fingerprint density at radius 1 is 1.50 bits per heavy atom. The monoisotopic (exact) mass is 194 g/mol. The fourth-order valence-corrected chi connectivity index (χ4v) is 1.65. The number of hydrazone groups is 1. The van der Waals surface area contributed by atoms with Gasteiger partial charge in [0.15, 0.2) is 0 Å². The lowest BCUT2D eigenvalue weighted by molar-refractivity contribution is 0.287. The number of ether oxygens (including phenoxy) is 1. The van der Waals surface area contributed by atoms with Crippen molar-refractivity contribution in [2.24, 2.45) is 10.9 Å². The van der Waals surface area contributed by atoms with Crippen molar-refractivity contribution in [2.75, 3.05) is 6.61 Å². The smallest absolute Gasteiger partial charge is 0.131 e. The van der Waals surface area contributed by atoms with Crippen molar-refractivity contribution in [2.45, 2.75) is 12.8 Å². The summed E-state index contributed by atoms with van der Waals surface area (Å²) in [6.07, 6.45) is 3.18. The molecule has 0 aliphatic carbocycles. The number of hydrogen-bond donors (Lipinski definition) is 1. The molecule has 1 aromatic rings. The van der Waals surface area contributed by atoms with Gasteiger partial charge in [-0.2, -0.15) is 5.10 Å². The van der Waals surface area contributed by atoms with Crippen molar-refractivity contribution in [1.29, 1.82) is 0 Å². The van der Waals surface area contributed by atoms with Crippen LogP contribution in [0.2, 0.25) is 0 Å². The van der Waals surface area contributed by atoms with Crippen molar-refractivity contribution >= 4 is 6.21 Å². The summed E-state index contributed by atoms with van der Waals surface area (Å²) in [5.74, 6) is 5.48. The third-order valence-electron chi connectivity index (χ3n) is 2.21. The molecule has 0 bridgehead atoms. The molecule has 0 spiro atoms. The maximum atomic E-state index is 13.1. The normalized spacial score (nSPS) is 15.2. The number of fused-ring (bicyclic) bond motifs is 1. The second-order valence-electron chi connectivity index (χ2n) is 3.21. The van der Waals surface area contributed by atoms with E-state index in [1.807, 2.05) is 0 Å². The van der Waals surface area contributed by atoms with Crippen LogP contribution < -0.4 is 10.6 Å². The van der Waals surface area contributed by atoms with Crippen LogP contribution in [-0.2, 0) is 6.42 Å². The summed E-state index contributed by atoms with van der Waals surface area (Å²) >= 11 is 0. The van der Waals surface area contributed by atoms with Gasteiger partial charge in [-0.1, -0.05) is 0 Å². The first-order valence-electron chi connectivity index (χ1n) is 4.50. The molecule has 3 nitrogen and oxygen atoms in total. The van der Waals surface area contributed by atoms with E-state index in [9.17, 15) is 4.39 Å². The van der Waals surface area contributed by atoms with Crippen molar-refractivity contribution < 1.29 is 9.13 Å². The molecule has 0 atom stereocenters. The molecule has 14 heavy (non-hydrogen) atoms. The molecule has 4 heteroatoms. The zero-order valence-electron chi connectivity index (χ0n) is 7.66. The number of nitrogens with zero attached hydrogens (tertiary/aromatic N) is 1. The molecule has 0 aromatic heterocycles. The van der Waals surface area contributed by atoms with E-state index >= 15 is 0 Å². The topological polar surface area (TPSA) is 47.6 Å². The van der Waals surface area contributed by atoms with Crippen LogP contribution in [0.3, 0.4) is 0 Å². The van der Waals surface area contributed by atoms with Gasteiger partial charge in [0.05, 0.1) is 12.8 Å². The minimum atomic E-state index is -0.274. The lowest BCUT2D eigenvalue weighted by Gasteiger charge is -2.18. The third kappa shape index (κ3) is 1.55. The Morgan fingerprint density at radius 2 is 2.36 bits per heavy atom. The largest absolute Gasteiger partial charge is 0.493 e. The van der Waals surface area contributed by atoms with Gasteiger partial charge >= 0.3 is 0 Å². The standard InChI is InChI=1S/C10H11FN2O/c11-9-4-7-2-1-3-14-10(7)8(5-9)6-13-12/h4-6H,1-3,12H2. The first kappa shape index (κ1) is 8.99. The van der Waals surface area contributed by atoms with E-state index in [0.717, 1.165) is 18.4 Å². The maximum absolute atomic E-state index is 13.1. The first-order valence-corrected chi connectivity index (χ1v) is 4.50. The van der Waals surface area contributed by atoms with E-state index in [-0.39, 0.29) is 5.82 Å². The fourth-order valence-electron chi connectivity index (χ4n) is 1.65. The number of hydrogen-bond acceptors (Lipinski definition) is 3. The van der Waals surface area contributed by atoms with Gasteiger partial charge in [0.1, 0.15) is 11.6 Å². The highest BCUT2D eigenvalue weighted by molar-refractivity contribution is 5.84. The summed E-state index contributed by atoms with van der Waals surface area (Å²) in [5.41, 5.74) is 1.51. The highest BCUT2D eigenvalue weighted by Crippen LogP contribution is 2.28. The minimum absolute atomic E-state index is 0.274. The molecule has 0 unspecified atom stereocenters. The summed E-state index contributed by atoms with van der Waals surface area (Å²) < 4.78 is 18.6. The number of benzene rings is 1. The van der Waals surface area contributed by atoms with Gasteiger partial charge in [-0.25, -0.2) is 4.39 Å². The Bertz CT molecular complexity index is 377. The maximum Gasteiger partial charge on any atom is 0.131 e. The molecule has 0 fully saturated rings. The second-order valence-corrected chi connectivity index (χ2v) is 3.21. The number of rotatable bonds is 1. The fraction of sp³-hybridized carbons (Fsp3) is 0.300. The van der Waals surface area contributed by atoms with E-state index in [2.05, 4.69) is 5.10 Å². The van der Waals surface area contributed by atoms with Crippen LogP contribution in [-0.4, -0.2) is 12.8 Å². The molecule has 1 aromatic carbocycles. The van der Waals surface area contributed by atoms with E-state index < -0.39 is 0 Å². The molecule has 0 radical (unpaired) electrons. The Labute approximate surface area is 81.4 Å². The Balaban J connectivity index is 2.52. The van der Waals surface area contributed by atoms with Crippen molar-refractivity contribution in [3.05, 3.63) is 29.1 Å². The van der Waals surface area contributed by atoms with E-state index in [1.165, 1.54) is 18.3 Å². The van der Waals surface area contributed by atoms with Crippen LogP contribution in [0, 0.1) is 5.82 Å². The van der Waals surface area contributed by atoms with E-state index in [4.69, 9.17) is 10.6 Å². The van der Waals surface area contributed by atoms with Gasteiger partial charge in [-0.05, 0) is 30.5 Å². The molecule has 74 valence electrons. The molecule has 0 amide bonds. The molecule has 1 heterocycles. The van der Waals surface area contributed by atoms with Crippen molar-refractivity contribution in [1.82, 2.24) is 0 Å². The van der Waals surface area contributed by atoms with Crippen molar-refractivity contribution in [3.8, 4) is 5.75 Å². The molecule has 1 aliphatic heterocycles. The Kier molecular flexibility index (Phi) is 2.35. The average Bonchev–Trinajstić information content (AvgIpc) is 2.18. The van der Waals surface area contributed by atoms with Gasteiger partial charge in [-0.15, -0.1) is 0 Å². The lowest BCUT2D eigenvalue weighted by Crippen LogP contribution is -2.11. The summed E-state index contributed by atoms with van der Waals surface area (Å²) in [6, 6.07) is 2.88.